The smallest absolute Gasteiger partial charge is 0.295 e. The number of fused-ring (bicyclic) bond motifs is 1. The molecule has 1 aromatic heterocycles. The Morgan fingerprint density at radius 3 is 2.39 bits per heavy atom. The zero-order chi connectivity index (χ0) is 22.3. The van der Waals surface area contributed by atoms with Crippen molar-refractivity contribution in [3.63, 3.8) is 0 Å². The molecular weight excluding hydrogens is 394 g/mol. The molecule has 2 aromatic carbocycles. The maximum absolute atomic E-state index is 13.0. The summed E-state index contributed by atoms with van der Waals surface area (Å²) in [5.74, 6) is -0.653. The molecule has 8 heteroatoms. The number of anilines is 3. The topological polar surface area (TPSA) is 88.4 Å². The highest BCUT2D eigenvalue weighted by molar-refractivity contribution is 6.11. The Hall–Kier alpha value is -3.81. The molecule has 0 saturated heterocycles. The Labute approximate surface area is 180 Å². The Morgan fingerprint density at radius 2 is 1.68 bits per heavy atom. The summed E-state index contributed by atoms with van der Waals surface area (Å²) < 4.78 is 3.20. The van der Waals surface area contributed by atoms with Crippen molar-refractivity contribution in [3.05, 3.63) is 70.6 Å². The second kappa shape index (κ2) is 7.46. The molecule has 31 heavy (non-hydrogen) atoms. The van der Waals surface area contributed by atoms with Gasteiger partial charge in [-0.2, -0.15) is 0 Å². The van der Waals surface area contributed by atoms with E-state index in [0.29, 0.717) is 17.1 Å². The SMILES string of the molecule is Cc1c(NC(=O)CN2C(=O)C(C)(C)Nc3ccccc32)c(=O)n(-c2ccccc2)n1C. The van der Waals surface area contributed by atoms with Gasteiger partial charge in [-0.3, -0.25) is 24.0 Å². The van der Waals surface area contributed by atoms with Gasteiger partial charge in [0.15, 0.2) is 0 Å². The highest BCUT2D eigenvalue weighted by Crippen LogP contribution is 2.34. The first-order valence-corrected chi connectivity index (χ1v) is 10.0. The average Bonchev–Trinajstić information content (AvgIpc) is 2.95. The number of nitrogens with one attached hydrogen (secondary N) is 2. The fraction of sp³-hybridized carbons (Fsp3) is 0.261. The maximum Gasteiger partial charge on any atom is 0.295 e. The lowest BCUT2D eigenvalue weighted by Gasteiger charge is -2.39. The molecule has 2 amide bonds. The highest BCUT2D eigenvalue weighted by atomic mass is 16.2. The van der Waals surface area contributed by atoms with Gasteiger partial charge >= 0.3 is 0 Å². The van der Waals surface area contributed by atoms with Crippen molar-refractivity contribution < 1.29 is 9.59 Å². The number of carbonyl (C=O) groups is 2. The predicted octanol–water partition coefficient (Wildman–Crippen LogP) is 2.66. The van der Waals surface area contributed by atoms with E-state index in [1.807, 2.05) is 48.5 Å². The molecule has 1 aliphatic rings. The first-order chi connectivity index (χ1) is 14.7. The minimum atomic E-state index is -0.850. The average molecular weight is 419 g/mol. The first-order valence-electron chi connectivity index (χ1n) is 10.0. The van der Waals surface area contributed by atoms with Gasteiger partial charge in [0, 0.05) is 7.05 Å². The van der Waals surface area contributed by atoms with Crippen LogP contribution in [0.15, 0.2) is 59.4 Å². The third kappa shape index (κ3) is 3.50. The summed E-state index contributed by atoms with van der Waals surface area (Å²) in [5, 5.41) is 5.93. The van der Waals surface area contributed by atoms with Crippen LogP contribution in [0.2, 0.25) is 0 Å². The lowest BCUT2D eigenvalue weighted by atomic mass is 9.98. The van der Waals surface area contributed by atoms with Gasteiger partial charge in [0.1, 0.15) is 17.8 Å². The van der Waals surface area contributed by atoms with Crippen molar-refractivity contribution in [2.45, 2.75) is 26.3 Å². The van der Waals surface area contributed by atoms with Crippen molar-refractivity contribution in [2.24, 2.45) is 7.05 Å². The number of hydrogen-bond acceptors (Lipinski definition) is 4. The van der Waals surface area contributed by atoms with E-state index in [4.69, 9.17) is 0 Å². The van der Waals surface area contributed by atoms with Crippen LogP contribution in [0.3, 0.4) is 0 Å². The molecule has 0 radical (unpaired) electrons. The minimum Gasteiger partial charge on any atom is -0.370 e. The lowest BCUT2D eigenvalue weighted by Crippen LogP contribution is -2.55. The zero-order valence-electron chi connectivity index (χ0n) is 18.0. The van der Waals surface area contributed by atoms with Gasteiger partial charge in [-0.1, -0.05) is 30.3 Å². The monoisotopic (exact) mass is 419 g/mol. The molecule has 4 rings (SSSR count). The third-order valence-corrected chi connectivity index (χ3v) is 5.54. The van der Waals surface area contributed by atoms with Crippen LogP contribution in [-0.4, -0.2) is 33.3 Å². The molecule has 0 fully saturated rings. The molecule has 0 spiro atoms. The van der Waals surface area contributed by atoms with Crippen LogP contribution in [0.4, 0.5) is 17.1 Å². The Balaban J connectivity index is 1.63. The van der Waals surface area contributed by atoms with Crippen molar-refractivity contribution in [3.8, 4) is 5.69 Å². The number of amides is 2. The fourth-order valence-electron chi connectivity index (χ4n) is 3.84. The summed E-state index contributed by atoms with van der Waals surface area (Å²) in [6.45, 7) is 5.12. The van der Waals surface area contributed by atoms with Crippen molar-refractivity contribution in [2.75, 3.05) is 22.1 Å². The normalized spacial score (nSPS) is 14.7. The van der Waals surface area contributed by atoms with Crippen LogP contribution < -0.4 is 21.1 Å². The molecule has 0 aliphatic carbocycles. The van der Waals surface area contributed by atoms with E-state index in [9.17, 15) is 14.4 Å². The van der Waals surface area contributed by atoms with E-state index in [-0.39, 0.29) is 23.7 Å². The predicted molar refractivity (Wildman–Crippen MR) is 121 cm³/mol. The lowest BCUT2D eigenvalue weighted by molar-refractivity contribution is -0.124. The number of rotatable bonds is 4. The van der Waals surface area contributed by atoms with E-state index in [0.717, 1.165) is 5.69 Å². The van der Waals surface area contributed by atoms with E-state index in [2.05, 4.69) is 10.6 Å². The van der Waals surface area contributed by atoms with Crippen LogP contribution in [-0.2, 0) is 16.6 Å². The summed E-state index contributed by atoms with van der Waals surface area (Å²) in [6, 6.07) is 16.6. The molecule has 1 aliphatic heterocycles. The minimum absolute atomic E-state index is 0.194. The summed E-state index contributed by atoms with van der Waals surface area (Å²) in [5.41, 5.74) is 1.76. The van der Waals surface area contributed by atoms with Crippen LogP contribution >= 0.6 is 0 Å². The molecular formula is C23H25N5O3. The van der Waals surface area contributed by atoms with E-state index in [1.165, 1.54) is 9.58 Å². The molecule has 0 unspecified atom stereocenters. The molecule has 160 valence electrons. The van der Waals surface area contributed by atoms with Crippen LogP contribution in [0, 0.1) is 6.92 Å². The van der Waals surface area contributed by atoms with E-state index in [1.54, 1.807) is 38.6 Å². The van der Waals surface area contributed by atoms with Crippen LogP contribution in [0.5, 0.6) is 0 Å². The number of benzene rings is 2. The second-order valence-corrected chi connectivity index (χ2v) is 8.14. The molecule has 0 saturated carbocycles. The summed E-state index contributed by atoms with van der Waals surface area (Å²) in [7, 11) is 1.76. The molecule has 2 heterocycles. The second-order valence-electron chi connectivity index (χ2n) is 8.14. The maximum atomic E-state index is 13.0. The van der Waals surface area contributed by atoms with Gasteiger partial charge in [-0.15, -0.1) is 0 Å². The summed E-state index contributed by atoms with van der Waals surface area (Å²) >= 11 is 0. The Bertz CT molecular complexity index is 1220. The van der Waals surface area contributed by atoms with E-state index >= 15 is 0 Å². The van der Waals surface area contributed by atoms with Gasteiger partial charge in [0.2, 0.25) is 5.91 Å². The van der Waals surface area contributed by atoms with Crippen molar-refractivity contribution in [1.29, 1.82) is 0 Å². The van der Waals surface area contributed by atoms with Gasteiger partial charge in [0.05, 0.1) is 22.8 Å². The summed E-state index contributed by atoms with van der Waals surface area (Å²) in [6.07, 6.45) is 0. The fourth-order valence-corrected chi connectivity index (χ4v) is 3.84. The standard InChI is InChI=1S/C23H25N5O3/c1-15-20(21(30)28(26(15)4)16-10-6-5-7-11-16)24-19(29)14-27-18-13-9-8-12-17(18)25-23(2,3)22(27)31/h5-13,25H,14H2,1-4H3,(H,24,29). The summed E-state index contributed by atoms with van der Waals surface area (Å²) in [4.78, 5) is 40.4. The first kappa shape index (κ1) is 20.5. The molecule has 0 bridgehead atoms. The number of nitrogens with zero attached hydrogens (tertiary/aromatic N) is 3. The molecule has 3 aromatic rings. The molecule has 8 nitrogen and oxygen atoms in total. The van der Waals surface area contributed by atoms with E-state index < -0.39 is 11.4 Å². The van der Waals surface area contributed by atoms with Gasteiger partial charge < -0.3 is 10.6 Å². The number of para-hydroxylation sites is 3. The van der Waals surface area contributed by atoms with Crippen LogP contribution in [0.1, 0.15) is 19.5 Å². The number of carbonyl (C=O) groups excluding carboxylic acids is 2. The Morgan fingerprint density at radius 1 is 1.03 bits per heavy atom. The van der Waals surface area contributed by atoms with Crippen molar-refractivity contribution >= 4 is 28.9 Å². The highest BCUT2D eigenvalue weighted by Gasteiger charge is 2.39. The number of aromatic nitrogens is 2. The Kier molecular flexibility index (Phi) is 4.93. The van der Waals surface area contributed by atoms with Crippen molar-refractivity contribution in [1.82, 2.24) is 9.36 Å². The molecule has 2 N–H and O–H groups in total. The largest absolute Gasteiger partial charge is 0.370 e. The number of hydrogen-bond donors (Lipinski definition) is 2. The van der Waals surface area contributed by atoms with Gasteiger partial charge in [-0.05, 0) is 45.0 Å². The molecule has 0 atom stereocenters. The zero-order valence-corrected chi connectivity index (χ0v) is 18.0. The van der Waals surface area contributed by atoms with Gasteiger partial charge in [-0.25, -0.2) is 4.68 Å². The van der Waals surface area contributed by atoms with Crippen LogP contribution in [0.25, 0.3) is 5.69 Å². The third-order valence-electron chi connectivity index (χ3n) is 5.54. The van der Waals surface area contributed by atoms with Gasteiger partial charge in [0.25, 0.3) is 11.5 Å². The quantitative estimate of drug-likeness (QED) is 0.681.